The van der Waals surface area contributed by atoms with Crippen LogP contribution in [0.25, 0.3) is 0 Å². The van der Waals surface area contributed by atoms with Gasteiger partial charge >= 0.3 is 5.69 Å². The van der Waals surface area contributed by atoms with Crippen molar-refractivity contribution in [1.29, 1.82) is 0 Å². The first kappa shape index (κ1) is 20.1. The van der Waals surface area contributed by atoms with E-state index in [-0.39, 0.29) is 30.2 Å². The van der Waals surface area contributed by atoms with Crippen LogP contribution in [0.1, 0.15) is 28.4 Å². The lowest BCUT2D eigenvalue weighted by Crippen LogP contribution is -2.41. The number of H-pyrrole nitrogens is 1. The maximum atomic E-state index is 13.9. The zero-order valence-electron chi connectivity index (χ0n) is 16.1. The molecule has 1 aromatic heterocycles. The van der Waals surface area contributed by atoms with Crippen LogP contribution in [0.5, 0.6) is 0 Å². The van der Waals surface area contributed by atoms with Gasteiger partial charge in [0.05, 0.1) is 6.54 Å². The maximum Gasteiger partial charge on any atom is 0.330 e. The second kappa shape index (κ2) is 8.14. The molecular formula is C21H21FN4O3. The van der Waals surface area contributed by atoms with Gasteiger partial charge in [-0.15, -0.1) is 0 Å². The SMILES string of the molecule is CCN(C(=O)c1ccc(C)c(F)c1)c1c(N)n(Cc2ccccc2)c(=O)[nH]c1=O. The molecule has 1 heterocycles. The monoisotopic (exact) mass is 396 g/mol. The number of carbonyl (C=O) groups is 1. The normalized spacial score (nSPS) is 10.7. The van der Waals surface area contributed by atoms with Crippen LogP contribution in [0.3, 0.4) is 0 Å². The van der Waals surface area contributed by atoms with Gasteiger partial charge in [0.15, 0.2) is 5.69 Å². The molecule has 3 aromatic rings. The van der Waals surface area contributed by atoms with Crippen LogP contribution < -0.4 is 21.9 Å². The number of aromatic nitrogens is 2. The topological polar surface area (TPSA) is 101 Å². The highest BCUT2D eigenvalue weighted by Crippen LogP contribution is 2.21. The number of nitrogens with one attached hydrogen (secondary N) is 1. The molecule has 0 bridgehead atoms. The third-order valence-corrected chi connectivity index (χ3v) is 4.65. The molecule has 0 unspecified atom stereocenters. The summed E-state index contributed by atoms with van der Waals surface area (Å²) in [7, 11) is 0. The minimum atomic E-state index is -0.778. The largest absolute Gasteiger partial charge is 0.383 e. The highest BCUT2D eigenvalue weighted by molar-refractivity contribution is 6.07. The number of halogens is 1. The number of rotatable bonds is 5. The van der Waals surface area contributed by atoms with E-state index in [1.54, 1.807) is 13.8 Å². The summed E-state index contributed by atoms with van der Waals surface area (Å²) in [4.78, 5) is 41.1. The fraction of sp³-hybridized carbons (Fsp3) is 0.190. The number of hydrogen-bond donors (Lipinski definition) is 2. The number of nitrogens with zero attached hydrogens (tertiary/aromatic N) is 2. The Morgan fingerprint density at radius 2 is 1.86 bits per heavy atom. The second-order valence-corrected chi connectivity index (χ2v) is 6.58. The van der Waals surface area contributed by atoms with Crippen LogP contribution in [-0.2, 0) is 6.54 Å². The zero-order valence-corrected chi connectivity index (χ0v) is 16.1. The summed E-state index contributed by atoms with van der Waals surface area (Å²) in [6.45, 7) is 3.47. The van der Waals surface area contributed by atoms with Gasteiger partial charge < -0.3 is 10.6 Å². The Labute approximate surface area is 166 Å². The van der Waals surface area contributed by atoms with E-state index in [0.717, 1.165) is 16.5 Å². The average molecular weight is 396 g/mol. The van der Waals surface area contributed by atoms with E-state index in [0.29, 0.717) is 5.56 Å². The molecule has 0 aliphatic heterocycles. The number of carbonyl (C=O) groups excluding carboxylic acids is 1. The standard InChI is InChI=1S/C21H21FN4O3/c1-3-25(20(28)15-10-9-13(2)16(22)11-15)17-18(23)26(21(29)24-19(17)27)12-14-7-5-4-6-8-14/h4-11H,3,12,23H2,1-2H3,(H,24,27,29). The smallest absolute Gasteiger partial charge is 0.330 e. The minimum absolute atomic E-state index is 0.0783. The first-order chi connectivity index (χ1) is 13.8. The van der Waals surface area contributed by atoms with Crippen LogP contribution in [0.4, 0.5) is 15.9 Å². The van der Waals surface area contributed by atoms with Gasteiger partial charge in [-0.25, -0.2) is 9.18 Å². The molecule has 1 amide bonds. The molecule has 0 fully saturated rings. The maximum absolute atomic E-state index is 13.9. The molecule has 0 saturated carbocycles. The van der Waals surface area contributed by atoms with E-state index in [4.69, 9.17) is 5.73 Å². The Morgan fingerprint density at radius 1 is 1.17 bits per heavy atom. The van der Waals surface area contributed by atoms with Crippen molar-refractivity contribution in [3.8, 4) is 0 Å². The molecule has 3 N–H and O–H groups in total. The van der Waals surface area contributed by atoms with Crippen molar-refractivity contribution in [3.63, 3.8) is 0 Å². The number of hydrogen-bond acceptors (Lipinski definition) is 4. The Kier molecular flexibility index (Phi) is 5.63. The van der Waals surface area contributed by atoms with Gasteiger partial charge in [0.1, 0.15) is 11.6 Å². The second-order valence-electron chi connectivity index (χ2n) is 6.58. The van der Waals surface area contributed by atoms with Crippen molar-refractivity contribution in [1.82, 2.24) is 9.55 Å². The number of amides is 1. The first-order valence-corrected chi connectivity index (χ1v) is 9.08. The van der Waals surface area contributed by atoms with E-state index in [2.05, 4.69) is 4.98 Å². The zero-order chi connectivity index (χ0) is 21.1. The molecule has 0 aliphatic carbocycles. The molecule has 3 rings (SSSR count). The minimum Gasteiger partial charge on any atom is -0.383 e. The lowest BCUT2D eigenvalue weighted by atomic mass is 10.1. The van der Waals surface area contributed by atoms with Crippen molar-refractivity contribution >= 4 is 17.4 Å². The van der Waals surface area contributed by atoms with Crippen LogP contribution in [0.2, 0.25) is 0 Å². The van der Waals surface area contributed by atoms with Crippen molar-refractivity contribution in [3.05, 3.63) is 91.9 Å². The summed E-state index contributed by atoms with van der Waals surface area (Å²) in [5.41, 5.74) is 5.84. The molecule has 2 aromatic carbocycles. The number of anilines is 2. The number of benzene rings is 2. The molecule has 0 radical (unpaired) electrons. The molecule has 0 atom stereocenters. The van der Waals surface area contributed by atoms with Crippen LogP contribution in [-0.4, -0.2) is 22.0 Å². The number of nitrogen functional groups attached to an aromatic ring is 1. The van der Waals surface area contributed by atoms with Crippen molar-refractivity contribution in [2.75, 3.05) is 17.2 Å². The Bertz CT molecular complexity index is 1170. The highest BCUT2D eigenvalue weighted by Gasteiger charge is 2.24. The summed E-state index contributed by atoms with van der Waals surface area (Å²) in [5.74, 6) is -1.25. The van der Waals surface area contributed by atoms with Crippen LogP contribution in [0.15, 0.2) is 58.1 Å². The van der Waals surface area contributed by atoms with Crippen LogP contribution >= 0.6 is 0 Å². The lowest BCUT2D eigenvalue weighted by Gasteiger charge is -2.23. The molecule has 29 heavy (non-hydrogen) atoms. The Balaban J connectivity index is 2.09. The molecule has 7 nitrogen and oxygen atoms in total. The van der Waals surface area contributed by atoms with Gasteiger partial charge in [0, 0.05) is 12.1 Å². The van der Waals surface area contributed by atoms with Crippen LogP contribution in [0, 0.1) is 12.7 Å². The quantitative estimate of drug-likeness (QED) is 0.691. The summed E-state index contributed by atoms with van der Waals surface area (Å²) in [6, 6.07) is 13.2. The van der Waals surface area contributed by atoms with Gasteiger partial charge in [-0.1, -0.05) is 36.4 Å². The van der Waals surface area contributed by atoms with E-state index >= 15 is 0 Å². The molecule has 0 saturated heterocycles. The van der Waals surface area contributed by atoms with Gasteiger partial charge in [-0.2, -0.15) is 0 Å². The Morgan fingerprint density at radius 3 is 2.48 bits per heavy atom. The summed E-state index contributed by atoms with van der Waals surface area (Å²) >= 11 is 0. The fourth-order valence-corrected chi connectivity index (χ4v) is 3.05. The third-order valence-electron chi connectivity index (χ3n) is 4.65. The third kappa shape index (κ3) is 3.96. The summed E-state index contributed by atoms with van der Waals surface area (Å²) < 4.78 is 15.1. The molecule has 0 aliphatic rings. The van der Waals surface area contributed by atoms with Crippen molar-refractivity contribution in [2.45, 2.75) is 20.4 Å². The van der Waals surface area contributed by atoms with Crippen molar-refractivity contribution < 1.29 is 9.18 Å². The molecular weight excluding hydrogens is 375 g/mol. The lowest BCUT2D eigenvalue weighted by molar-refractivity contribution is 0.0987. The molecule has 0 spiro atoms. The predicted molar refractivity (Wildman–Crippen MR) is 110 cm³/mol. The van der Waals surface area contributed by atoms with Gasteiger partial charge in [0.2, 0.25) is 0 Å². The summed E-state index contributed by atoms with van der Waals surface area (Å²) in [6.07, 6.45) is 0. The molecule has 8 heteroatoms. The molecule has 150 valence electrons. The van der Waals surface area contributed by atoms with Crippen molar-refractivity contribution in [2.24, 2.45) is 0 Å². The van der Waals surface area contributed by atoms with Gasteiger partial charge in [-0.3, -0.25) is 19.1 Å². The first-order valence-electron chi connectivity index (χ1n) is 9.08. The van der Waals surface area contributed by atoms with Gasteiger partial charge in [0.25, 0.3) is 11.5 Å². The number of aromatic amines is 1. The highest BCUT2D eigenvalue weighted by atomic mass is 19.1. The number of aryl methyl sites for hydroxylation is 1. The van der Waals surface area contributed by atoms with Gasteiger partial charge in [-0.05, 0) is 37.1 Å². The average Bonchev–Trinajstić information content (AvgIpc) is 2.70. The van der Waals surface area contributed by atoms with E-state index in [1.165, 1.54) is 16.7 Å². The van der Waals surface area contributed by atoms with E-state index in [1.807, 2.05) is 30.3 Å². The fourth-order valence-electron chi connectivity index (χ4n) is 3.05. The predicted octanol–water partition coefficient (Wildman–Crippen LogP) is 2.28. The van der Waals surface area contributed by atoms with E-state index in [9.17, 15) is 18.8 Å². The Hall–Kier alpha value is -3.68. The summed E-state index contributed by atoms with van der Waals surface area (Å²) in [5, 5.41) is 0. The number of nitrogens with two attached hydrogens (primary N) is 1. The van der Waals surface area contributed by atoms with E-state index < -0.39 is 23.0 Å².